The zero-order chi connectivity index (χ0) is 11.9. The van der Waals surface area contributed by atoms with Crippen LogP contribution in [0.2, 0.25) is 0 Å². The molecular weight excluding hydrogens is 228 g/mol. The number of hydrogen-bond acceptors (Lipinski definition) is 3. The van der Waals surface area contributed by atoms with Gasteiger partial charge < -0.3 is 5.73 Å². The minimum atomic E-state index is -0.107. The monoisotopic (exact) mass is 246 g/mol. The van der Waals surface area contributed by atoms with Crippen molar-refractivity contribution in [3.05, 3.63) is 28.8 Å². The van der Waals surface area contributed by atoms with E-state index >= 15 is 0 Å². The smallest absolute Gasteiger partial charge is 0.0907 e. The Hall–Kier alpha value is -0.930. The van der Waals surface area contributed by atoms with E-state index in [0.717, 1.165) is 23.4 Å². The summed E-state index contributed by atoms with van der Waals surface area (Å²) < 4.78 is 1.27. The molecule has 3 heteroatoms. The number of aryl methyl sites for hydroxylation is 1. The van der Waals surface area contributed by atoms with Crippen LogP contribution in [0, 0.1) is 6.92 Å². The molecule has 1 aliphatic rings. The Morgan fingerprint density at radius 1 is 1.24 bits per heavy atom. The van der Waals surface area contributed by atoms with Crippen molar-refractivity contribution >= 4 is 21.6 Å². The summed E-state index contributed by atoms with van der Waals surface area (Å²) in [4.78, 5) is 4.56. The molecule has 0 spiro atoms. The van der Waals surface area contributed by atoms with Gasteiger partial charge in [0.25, 0.3) is 0 Å². The molecule has 3 rings (SSSR count). The van der Waals surface area contributed by atoms with Gasteiger partial charge in [-0.25, -0.2) is 4.98 Å². The van der Waals surface area contributed by atoms with Gasteiger partial charge in [0, 0.05) is 5.54 Å². The SMILES string of the molecule is Cc1nc2cc(C3(N)CCCCC3)ccc2s1. The van der Waals surface area contributed by atoms with Gasteiger partial charge in [0.05, 0.1) is 15.2 Å². The van der Waals surface area contributed by atoms with Crippen molar-refractivity contribution in [3.63, 3.8) is 0 Å². The van der Waals surface area contributed by atoms with Gasteiger partial charge in [-0.1, -0.05) is 25.3 Å². The molecule has 0 amide bonds. The summed E-state index contributed by atoms with van der Waals surface area (Å²) in [6.45, 7) is 2.06. The van der Waals surface area contributed by atoms with E-state index in [4.69, 9.17) is 5.73 Å². The van der Waals surface area contributed by atoms with E-state index in [1.54, 1.807) is 11.3 Å². The molecule has 2 aromatic rings. The van der Waals surface area contributed by atoms with E-state index in [2.05, 4.69) is 30.1 Å². The van der Waals surface area contributed by atoms with Crippen molar-refractivity contribution in [3.8, 4) is 0 Å². The molecule has 1 aliphatic carbocycles. The number of fused-ring (bicyclic) bond motifs is 1. The maximum atomic E-state index is 6.55. The summed E-state index contributed by atoms with van der Waals surface area (Å²) in [6.07, 6.45) is 6.06. The van der Waals surface area contributed by atoms with Crippen LogP contribution in [-0.4, -0.2) is 4.98 Å². The first-order valence-corrected chi connectivity index (χ1v) is 7.16. The highest BCUT2D eigenvalue weighted by atomic mass is 32.1. The number of benzene rings is 1. The lowest BCUT2D eigenvalue weighted by atomic mass is 9.77. The van der Waals surface area contributed by atoms with Gasteiger partial charge in [0.15, 0.2) is 0 Å². The van der Waals surface area contributed by atoms with Crippen molar-refractivity contribution in [2.75, 3.05) is 0 Å². The highest BCUT2D eigenvalue weighted by Crippen LogP contribution is 2.36. The van der Waals surface area contributed by atoms with Crippen molar-refractivity contribution in [2.45, 2.75) is 44.6 Å². The van der Waals surface area contributed by atoms with Gasteiger partial charge in [0.2, 0.25) is 0 Å². The Labute approximate surface area is 106 Å². The maximum absolute atomic E-state index is 6.55. The molecule has 0 aliphatic heterocycles. The highest BCUT2D eigenvalue weighted by Gasteiger charge is 2.29. The Kier molecular flexibility index (Phi) is 2.68. The van der Waals surface area contributed by atoms with Crippen LogP contribution in [0.3, 0.4) is 0 Å². The minimum absolute atomic E-state index is 0.107. The topological polar surface area (TPSA) is 38.9 Å². The van der Waals surface area contributed by atoms with Crippen molar-refractivity contribution in [1.29, 1.82) is 0 Å². The number of nitrogens with two attached hydrogens (primary N) is 1. The van der Waals surface area contributed by atoms with Gasteiger partial charge in [-0.2, -0.15) is 0 Å². The second-order valence-electron chi connectivity index (χ2n) is 5.13. The molecule has 2 nitrogen and oxygen atoms in total. The van der Waals surface area contributed by atoms with Crippen LogP contribution in [0.25, 0.3) is 10.2 Å². The quantitative estimate of drug-likeness (QED) is 0.833. The van der Waals surface area contributed by atoms with E-state index in [0.29, 0.717) is 0 Å². The average molecular weight is 246 g/mol. The number of aromatic nitrogens is 1. The van der Waals surface area contributed by atoms with Crippen LogP contribution < -0.4 is 5.73 Å². The normalized spacial score (nSPS) is 19.6. The molecule has 90 valence electrons. The third-order valence-corrected chi connectivity index (χ3v) is 4.77. The van der Waals surface area contributed by atoms with Gasteiger partial charge in [-0.15, -0.1) is 11.3 Å². The fourth-order valence-corrected chi connectivity index (χ4v) is 3.63. The number of nitrogens with zero attached hydrogens (tertiary/aromatic N) is 1. The molecule has 0 saturated heterocycles. The first-order valence-electron chi connectivity index (χ1n) is 6.34. The van der Waals surface area contributed by atoms with E-state index in [1.807, 2.05) is 0 Å². The standard InChI is InChI=1S/C14H18N2S/c1-10-16-12-9-11(5-6-13(12)17-10)14(15)7-3-2-4-8-14/h5-6,9H,2-4,7-8,15H2,1H3. The summed E-state index contributed by atoms with van der Waals surface area (Å²) >= 11 is 1.75. The molecule has 1 fully saturated rings. The summed E-state index contributed by atoms with van der Waals surface area (Å²) in [7, 11) is 0. The third-order valence-electron chi connectivity index (χ3n) is 3.82. The molecule has 1 saturated carbocycles. The van der Waals surface area contributed by atoms with Crippen LogP contribution in [0.4, 0.5) is 0 Å². The zero-order valence-electron chi connectivity index (χ0n) is 10.2. The lowest BCUT2D eigenvalue weighted by Gasteiger charge is -2.33. The number of thiazole rings is 1. The average Bonchev–Trinajstić information content (AvgIpc) is 2.69. The van der Waals surface area contributed by atoms with E-state index < -0.39 is 0 Å². The fraction of sp³-hybridized carbons (Fsp3) is 0.500. The summed E-state index contributed by atoms with van der Waals surface area (Å²) in [5.74, 6) is 0. The van der Waals surface area contributed by atoms with Gasteiger partial charge in [-0.05, 0) is 37.5 Å². The van der Waals surface area contributed by atoms with E-state index in [-0.39, 0.29) is 5.54 Å². The summed E-state index contributed by atoms with van der Waals surface area (Å²) in [5.41, 5.74) is 8.83. The first-order chi connectivity index (χ1) is 8.17. The van der Waals surface area contributed by atoms with E-state index in [1.165, 1.54) is 29.5 Å². The molecule has 0 bridgehead atoms. The molecule has 0 radical (unpaired) electrons. The van der Waals surface area contributed by atoms with Gasteiger partial charge in [0.1, 0.15) is 0 Å². The number of hydrogen-bond donors (Lipinski definition) is 1. The predicted molar refractivity (Wildman–Crippen MR) is 73.3 cm³/mol. The van der Waals surface area contributed by atoms with Crippen molar-refractivity contribution < 1.29 is 0 Å². The second kappa shape index (κ2) is 4.07. The molecule has 1 aromatic carbocycles. The van der Waals surface area contributed by atoms with Crippen LogP contribution in [0.5, 0.6) is 0 Å². The summed E-state index contributed by atoms with van der Waals surface area (Å²) in [6, 6.07) is 6.58. The predicted octanol–water partition coefficient (Wildman–Crippen LogP) is 3.72. The lowest BCUT2D eigenvalue weighted by molar-refractivity contribution is 0.302. The Morgan fingerprint density at radius 3 is 2.76 bits per heavy atom. The van der Waals surface area contributed by atoms with Gasteiger partial charge >= 0.3 is 0 Å². The lowest BCUT2D eigenvalue weighted by Crippen LogP contribution is -2.38. The third kappa shape index (κ3) is 1.98. The highest BCUT2D eigenvalue weighted by molar-refractivity contribution is 7.18. The van der Waals surface area contributed by atoms with Crippen LogP contribution in [-0.2, 0) is 5.54 Å². The van der Waals surface area contributed by atoms with Crippen LogP contribution >= 0.6 is 11.3 Å². The Balaban J connectivity index is 2.04. The summed E-state index contributed by atoms with van der Waals surface area (Å²) in [5, 5.41) is 1.13. The van der Waals surface area contributed by atoms with Crippen molar-refractivity contribution in [2.24, 2.45) is 5.73 Å². The molecule has 1 aromatic heterocycles. The molecule has 0 unspecified atom stereocenters. The molecule has 0 atom stereocenters. The minimum Gasteiger partial charge on any atom is -0.321 e. The first kappa shape index (κ1) is 11.2. The Bertz CT molecular complexity index is 538. The zero-order valence-corrected chi connectivity index (χ0v) is 11.0. The van der Waals surface area contributed by atoms with E-state index in [9.17, 15) is 0 Å². The largest absolute Gasteiger partial charge is 0.321 e. The van der Waals surface area contributed by atoms with Crippen LogP contribution in [0.1, 0.15) is 42.7 Å². The van der Waals surface area contributed by atoms with Crippen LogP contribution in [0.15, 0.2) is 18.2 Å². The maximum Gasteiger partial charge on any atom is 0.0907 e. The fourth-order valence-electron chi connectivity index (χ4n) is 2.82. The second-order valence-corrected chi connectivity index (χ2v) is 6.37. The number of rotatable bonds is 1. The van der Waals surface area contributed by atoms with Gasteiger partial charge in [-0.3, -0.25) is 0 Å². The Morgan fingerprint density at radius 2 is 2.00 bits per heavy atom. The molecule has 2 N–H and O–H groups in total. The molecular formula is C14H18N2S. The van der Waals surface area contributed by atoms with Crippen molar-refractivity contribution in [1.82, 2.24) is 4.98 Å². The molecule has 1 heterocycles. The molecule has 17 heavy (non-hydrogen) atoms.